The van der Waals surface area contributed by atoms with Gasteiger partial charge in [0.25, 0.3) is 5.91 Å². The van der Waals surface area contributed by atoms with E-state index in [1.807, 2.05) is 103 Å². The molecule has 0 bridgehead atoms. The normalized spacial score (nSPS) is 17.1. The molecule has 2 atom stereocenters. The molecule has 1 aliphatic rings. The summed E-state index contributed by atoms with van der Waals surface area (Å²) in [6.45, 7) is 0.776. The highest BCUT2D eigenvalue weighted by molar-refractivity contribution is 6.01. The Kier molecular flexibility index (Phi) is 10.0. The number of aliphatic hydroxyl groups excluding tert-OH is 1. The van der Waals surface area contributed by atoms with Gasteiger partial charge in [0, 0.05) is 31.6 Å². The van der Waals surface area contributed by atoms with Gasteiger partial charge in [0.05, 0.1) is 6.61 Å². The van der Waals surface area contributed by atoms with Crippen LogP contribution in [0.4, 0.5) is 4.39 Å². The molecule has 6 rings (SSSR count). The first-order valence-electron chi connectivity index (χ1n) is 15.9. The molecule has 0 aromatic heterocycles. The Bertz CT molecular complexity index is 1790. The zero-order valence-electron chi connectivity index (χ0n) is 26.0. The third-order valence-electron chi connectivity index (χ3n) is 8.26. The van der Waals surface area contributed by atoms with Crippen molar-refractivity contribution in [2.75, 3.05) is 19.8 Å². The van der Waals surface area contributed by atoms with Crippen LogP contribution in [0.5, 0.6) is 5.75 Å². The lowest BCUT2D eigenvalue weighted by Gasteiger charge is -2.31. The van der Waals surface area contributed by atoms with Gasteiger partial charge < -0.3 is 19.9 Å². The summed E-state index contributed by atoms with van der Waals surface area (Å²) in [5.74, 6) is 0.449. The van der Waals surface area contributed by atoms with E-state index in [0.29, 0.717) is 49.6 Å². The number of halogens is 1. The minimum atomic E-state index is -1.33. The first-order valence-corrected chi connectivity index (χ1v) is 15.9. The van der Waals surface area contributed by atoms with Crippen molar-refractivity contribution in [1.82, 2.24) is 5.32 Å². The molecule has 0 saturated heterocycles. The van der Waals surface area contributed by atoms with E-state index in [1.165, 1.54) is 12.1 Å². The zero-order chi connectivity index (χ0) is 32.5. The molecule has 47 heavy (non-hydrogen) atoms. The maximum Gasteiger partial charge on any atom is 0.252 e. The fourth-order valence-corrected chi connectivity index (χ4v) is 5.84. The van der Waals surface area contributed by atoms with Crippen LogP contribution in [0.2, 0.25) is 0 Å². The molecule has 0 aliphatic carbocycles. The molecule has 238 valence electrons. The second kappa shape index (κ2) is 14.9. The lowest BCUT2D eigenvalue weighted by Crippen LogP contribution is -2.50. The summed E-state index contributed by atoms with van der Waals surface area (Å²) in [6, 6.07) is 41.8. The third kappa shape index (κ3) is 7.59. The lowest BCUT2D eigenvalue weighted by molar-refractivity contribution is -0.128. The van der Waals surface area contributed by atoms with Gasteiger partial charge in [-0.05, 0) is 70.6 Å². The number of benzene rings is 5. The van der Waals surface area contributed by atoms with Crippen molar-refractivity contribution in [3.05, 3.63) is 162 Å². The topological polar surface area (TPSA) is 80.2 Å². The standard InChI is InChI=1S/C40H37FN2O4/c41-35-14-7-11-29(27-35)23-24-42-39(45)40(28-30-9-3-1-4-10-30)37(33-17-15-32(16-18-33)31-12-5-2-6-13-31)47-38(43-40)34-19-21-36(22-20-34)46-26-8-25-44/h1-7,9-22,27,37,44H,8,23-26,28H2,(H,42,45)/t37-,40-/m1/s1. The fourth-order valence-electron chi connectivity index (χ4n) is 5.84. The molecule has 1 amide bonds. The summed E-state index contributed by atoms with van der Waals surface area (Å²) in [6.07, 6.45) is 0.586. The molecular formula is C40H37FN2O4. The summed E-state index contributed by atoms with van der Waals surface area (Å²) >= 11 is 0. The van der Waals surface area contributed by atoms with Gasteiger partial charge in [0.15, 0.2) is 11.6 Å². The third-order valence-corrected chi connectivity index (χ3v) is 8.26. The predicted molar refractivity (Wildman–Crippen MR) is 182 cm³/mol. The molecular weight excluding hydrogens is 591 g/mol. The molecule has 6 nitrogen and oxygen atoms in total. The second-order valence-electron chi connectivity index (χ2n) is 11.6. The van der Waals surface area contributed by atoms with E-state index in [1.54, 1.807) is 6.07 Å². The van der Waals surface area contributed by atoms with Gasteiger partial charge in [0.1, 0.15) is 11.6 Å². The van der Waals surface area contributed by atoms with Crippen molar-refractivity contribution in [2.45, 2.75) is 30.9 Å². The minimum Gasteiger partial charge on any atom is -0.494 e. The highest BCUT2D eigenvalue weighted by Gasteiger charge is 2.53. The maximum atomic E-state index is 14.5. The number of aliphatic hydroxyl groups is 1. The Morgan fingerprint density at radius 1 is 0.809 bits per heavy atom. The highest BCUT2D eigenvalue weighted by Crippen LogP contribution is 2.43. The molecule has 0 unspecified atom stereocenters. The van der Waals surface area contributed by atoms with Crippen LogP contribution in [0.15, 0.2) is 138 Å². The second-order valence-corrected chi connectivity index (χ2v) is 11.6. The van der Waals surface area contributed by atoms with Crippen LogP contribution in [0.25, 0.3) is 11.1 Å². The summed E-state index contributed by atoms with van der Waals surface area (Å²) in [5.41, 5.74) is 4.09. The number of carbonyl (C=O) groups excluding carboxylic acids is 1. The molecule has 0 radical (unpaired) electrons. The molecule has 2 N–H and O–H groups in total. The van der Waals surface area contributed by atoms with E-state index >= 15 is 0 Å². The number of rotatable bonds is 13. The zero-order valence-corrected chi connectivity index (χ0v) is 26.0. The van der Waals surface area contributed by atoms with Gasteiger partial charge in [-0.1, -0.05) is 97.1 Å². The van der Waals surface area contributed by atoms with Crippen molar-refractivity contribution >= 4 is 11.8 Å². The number of ether oxygens (including phenoxy) is 2. The van der Waals surface area contributed by atoms with Crippen LogP contribution in [-0.2, 0) is 22.4 Å². The number of nitrogens with zero attached hydrogens (tertiary/aromatic N) is 1. The number of carbonyl (C=O) groups is 1. The van der Waals surface area contributed by atoms with Gasteiger partial charge in [0.2, 0.25) is 5.90 Å². The molecule has 1 aliphatic heterocycles. The first-order chi connectivity index (χ1) is 23.0. The predicted octanol–water partition coefficient (Wildman–Crippen LogP) is 7.11. The van der Waals surface area contributed by atoms with Crippen LogP contribution in [0.3, 0.4) is 0 Å². The number of aliphatic imine (C=N–C) groups is 1. The monoisotopic (exact) mass is 628 g/mol. The van der Waals surface area contributed by atoms with Crippen LogP contribution >= 0.6 is 0 Å². The fraction of sp³-hybridized carbons (Fsp3) is 0.200. The van der Waals surface area contributed by atoms with Crippen molar-refractivity contribution < 1.29 is 23.8 Å². The van der Waals surface area contributed by atoms with Crippen LogP contribution in [0.1, 0.15) is 34.8 Å². The first kappa shape index (κ1) is 31.7. The SMILES string of the molecule is O=C(NCCc1cccc(F)c1)[C@]1(Cc2ccccc2)N=C(c2ccc(OCCCO)cc2)O[C@@H]1c1ccc(-c2ccccc2)cc1. The van der Waals surface area contributed by atoms with Crippen LogP contribution in [-0.4, -0.2) is 42.2 Å². The Labute approximate surface area is 274 Å². The van der Waals surface area contributed by atoms with E-state index in [-0.39, 0.29) is 18.3 Å². The molecule has 5 aromatic carbocycles. The minimum absolute atomic E-state index is 0.0598. The number of hydrogen-bond donors (Lipinski definition) is 2. The average Bonchev–Trinajstić information content (AvgIpc) is 3.50. The maximum absolute atomic E-state index is 14.5. The van der Waals surface area contributed by atoms with Crippen molar-refractivity contribution in [1.29, 1.82) is 0 Å². The van der Waals surface area contributed by atoms with Gasteiger partial charge >= 0.3 is 0 Å². The molecule has 0 saturated carbocycles. The van der Waals surface area contributed by atoms with Gasteiger partial charge in [-0.25, -0.2) is 9.38 Å². The smallest absolute Gasteiger partial charge is 0.252 e. The molecule has 0 spiro atoms. The Morgan fingerprint density at radius 2 is 1.47 bits per heavy atom. The molecule has 0 fully saturated rings. The van der Waals surface area contributed by atoms with E-state index in [0.717, 1.165) is 27.8 Å². The van der Waals surface area contributed by atoms with Crippen LogP contribution in [0, 0.1) is 5.82 Å². The Hall–Kier alpha value is -5.27. The number of hydrogen-bond acceptors (Lipinski definition) is 5. The Morgan fingerprint density at radius 3 is 2.17 bits per heavy atom. The number of nitrogens with one attached hydrogen (secondary N) is 1. The van der Waals surface area contributed by atoms with Gasteiger partial charge in [-0.3, -0.25) is 4.79 Å². The summed E-state index contributed by atoms with van der Waals surface area (Å²) in [5, 5.41) is 12.2. The van der Waals surface area contributed by atoms with Gasteiger partial charge in [-0.2, -0.15) is 0 Å². The van der Waals surface area contributed by atoms with Gasteiger partial charge in [-0.15, -0.1) is 0 Å². The van der Waals surface area contributed by atoms with Crippen LogP contribution < -0.4 is 10.1 Å². The summed E-state index contributed by atoms with van der Waals surface area (Å²) < 4.78 is 26.2. The Balaban J connectivity index is 1.36. The lowest BCUT2D eigenvalue weighted by atomic mass is 9.81. The summed E-state index contributed by atoms with van der Waals surface area (Å²) in [7, 11) is 0. The van der Waals surface area contributed by atoms with Crippen molar-refractivity contribution in [2.24, 2.45) is 4.99 Å². The van der Waals surface area contributed by atoms with E-state index < -0.39 is 11.6 Å². The van der Waals surface area contributed by atoms with Crippen molar-refractivity contribution in [3.63, 3.8) is 0 Å². The molecule has 1 heterocycles. The van der Waals surface area contributed by atoms with E-state index in [9.17, 15) is 9.18 Å². The van der Waals surface area contributed by atoms with Crippen molar-refractivity contribution in [3.8, 4) is 16.9 Å². The molecule has 5 aromatic rings. The molecule has 7 heteroatoms. The average molecular weight is 629 g/mol. The quantitative estimate of drug-likeness (QED) is 0.136. The highest BCUT2D eigenvalue weighted by atomic mass is 19.1. The van der Waals surface area contributed by atoms with E-state index in [4.69, 9.17) is 19.6 Å². The number of amides is 1. The summed E-state index contributed by atoms with van der Waals surface area (Å²) in [4.78, 5) is 19.6. The van der Waals surface area contributed by atoms with E-state index in [2.05, 4.69) is 17.4 Å². The largest absolute Gasteiger partial charge is 0.494 e.